The van der Waals surface area contributed by atoms with Crippen LogP contribution in [0, 0.1) is 5.92 Å². The van der Waals surface area contributed by atoms with Crippen molar-refractivity contribution in [1.29, 1.82) is 0 Å². The number of carboxylic acids is 1. The van der Waals surface area contributed by atoms with Crippen LogP contribution in [0.15, 0.2) is 0 Å². The summed E-state index contributed by atoms with van der Waals surface area (Å²) in [6.07, 6.45) is 4.22. The first-order valence-electron chi connectivity index (χ1n) is 6.77. The van der Waals surface area contributed by atoms with Crippen molar-refractivity contribution in [2.24, 2.45) is 11.7 Å². The van der Waals surface area contributed by atoms with Crippen LogP contribution in [0.3, 0.4) is 0 Å². The van der Waals surface area contributed by atoms with Crippen LogP contribution in [0.1, 0.15) is 46.0 Å². The highest BCUT2D eigenvalue weighted by atomic mass is 16.4. The Balaban J connectivity index is 2.71. The number of carboxylic acid groups (broad SMARTS) is 1. The molecule has 3 N–H and O–H groups in total. The van der Waals surface area contributed by atoms with Gasteiger partial charge >= 0.3 is 5.97 Å². The molecule has 1 saturated heterocycles. The van der Waals surface area contributed by atoms with Gasteiger partial charge in [0, 0.05) is 6.54 Å². The van der Waals surface area contributed by atoms with Crippen molar-refractivity contribution >= 4 is 11.9 Å². The summed E-state index contributed by atoms with van der Waals surface area (Å²) in [7, 11) is 0. The molecule has 0 saturated carbocycles. The summed E-state index contributed by atoms with van der Waals surface area (Å²) < 4.78 is 0. The Bertz CT molecular complexity index is 307. The summed E-state index contributed by atoms with van der Waals surface area (Å²) in [4.78, 5) is 25.0. The Morgan fingerprint density at radius 2 is 2.17 bits per heavy atom. The fourth-order valence-corrected chi connectivity index (χ4v) is 2.57. The minimum Gasteiger partial charge on any atom is -0.480 e. The third kappa shape index (κ3) is 3.45. The van der Waals surface area contributed by atoms with Crippen molar-refractivity contribution in [2.75, 3.05) is 6.54 Å². The molecule has 5 nitrogen and oxygen atoms in total. The lowest BCUT2D eigenvalue weighted by Gasteiger charge is -2.38. The Labute approximate surface area is 108 Å². The molecule has 1 heterocycles. The van der Waals surface area contributed by atoms with E-state index in [1.165, 1.54) is 4.90 Å². The average Bonchev–Trinajstić information content (AvgIpc) is 2.34. The zero-order valence-electron chi connectivity index (χ0n) is 11.3. The van der Waals surface area contributed by atoms with Crippen molar-refractivity contribution < 1.29 is 14.7 Å². The van der Waals surface area contributed by atoms with E-state index in [1.807, 2.05) is 13.8 Å². The second-order valence-electron chi connectivity index (χ2n) is 5.18. The van der Waals surface area contributed by atoms with E-state index in [2.05, 4.69) is 0 Å². The van der Waals surface area contributed by atoms with Crippen LogP contribution in [0.25, 0.3) is 0 Å². The van der Waals surface area contributed by atoms with E-state index in [-0.39, 0.29) is 11.8 Å². The molecular weight excluding hydrogens is 232 g/mol. The molecular formula is C13H24N2O3. The molecule has 1 aliphatic rings. The summed E-state index contributed by atoms with van der Waals surface area (Å²) in [5.41, 5.74) is 5.86. The van der Waals surface area contributed by atoms with E-state index in [9.17, 15) is 14.7 Å². The molecule has 0 bridgehead atoms. The first kappa shape index (κ1) is 15.0. The van der Waals surface area contributed by atoms with Crippen molar-refractivity contribution in [2.45, 2.75) is 58.0 Å². The number of likely N-dealkylation sites (tertiary alicyclic amines) is 1. The predicted molar refractivity (Wildman–Crippen MR) is 69.0 cm³/mol. The molecule has 18 heavy (non-hydrogen) atoms. The van der Waals surface area contributed by atoms with Crippen LogP contribution >= 0.6 is 0 Å². The van der Waals surface area contributed by atoms with E-state index >= 15 is 0 Å². The van der Waals surface area contributed by atoms with Gasteiger partial charge in [-0.2, -0.15) is 0 Å². The number of carbonyl (C=O) groups excluding carboxylic acids is 1. The Kier molecular flexibility index (Phi) is 5.59. The number of aliphatic carboxylic acids is 1. The van der Waals surface area contributed by atoms with Gasteiger partial charge in [0.05, 0.1) is 6.04 Å². The zero-order valence-corrected chi connectivity index (χ0v) is 11.3. The van der Waals surface area contributed by atoms with Crippen LogP contribution in [0.4, 0.5) is 0 Å². The maximum absolute atomic E-state index is 12.2. The van der Waals surface area contributed by atoms with E-state index in [0.29, 0.717) is 13.0 Å². The lowest BCUT2D eigenvalue weighted by atomic mass is 9.90. The Morgan fingerprint density at radius 1 is 1.50 bits per heavy atom. The number of nitrogens with zero attached hydrogens (tertiary/aromatic N) is 1. The highest BCUT2D eigenvalue weighted by Gasteiger charge is 2.38. The topological polar surface area (TPSA) is 83.6 Å². The monoisotopic (exact) mass is 256 g/mol. The molecule has 0 aromatic heterocycles. The molecule has 1 fully saturated rings. The minimum atomic E-state index is -0.918. The van der Waals surface area contributed by atoms with Gasteiger partial charge in [0.15, 0.2) is 0 Å². The summed E-state index contributed by atoms with van der Waals surface area (Å²) in [5.74, 6) is -1.13. The van der Waals surface area contributed by atoms with Gasteiger partial charge in [0.1, 0.15) is 6.04 Å². The number of hydrogen-bond donors (Lipinski definition) is 2. The van der Waals surface area contributed by atoms with Gasteiger partial charge in [-0.05, 0) is 25.2 Å². The molecule has 0 aromatic carbocycles. The summed E-state index contributed by atoms with van der Waals surface area (Å²) in [6.45, 7) is 4.44. The van der Waals surface area contributed by atoms with Gasteiger partial charge in [0.2, 0.25) is 5.91 Å². The molecule has 5 heteroatoms. The van der Waals surface area contributed by atoms with Crippen molar-refractivity contribution in [3.05, 3.63) is 0 Å². The van der Waals surface area contributed by atoms with Crippen molar-refractivity contribution in [3.8, 4) is 0 Å². The second-order valence-corrected chi connectivity index (χ2v) is 5.18. The van der Waals surface area contributed by atoms with E-state index < -0.39 is 18.1 Å². The summed E-state index contributed by atoms with van der Waals surface area (Å²) in [5, 5.41) is 9.25. The van der Waals surface area contributed by atoms with E-state index in [1.54, 1.807) is 0 Å². The van der Waals surface area contributed by atoms with Gasteiger partial charge in [-0.3, -0.25) is 4.79 Å². The fourth-order valence-electron chi connectivity index (χ4n) is 2.57. The Hall–Kier alpha value is -1.10. The molecule has 1 amide bonds. The fraction of sp³-hybridized carbons (Fsp3) is 0.846. The van der Waals surface area contributed by atoms with Gasteiger partial charge in [0.25, 0.3) is 0 Å². The quantitative estimate of drug-likeness (QED) is 0.774. The largest absolute Gasteiger partial charge is 0.480 e. The van der Waals surface area contributed by atoms with Crippen LogP contribution in [0.5, 0.6) is 0 Å². The van der Waals surface area contributed by atoms with E-state index in [0.717, 1.165) is 25.7 Å². The van der Waals surface area contributed by atoms with Crippen LogP contribution < -0.4 is 5.73 Å². The number of unbranched alkanes of at least 4 members (excludes halogenated alkanes) is 1. The van der Waals surface area contributed by atoms with Crippen LogP contribution in [0.2, 0.25) is 0 Å². The van der Waals surface area contributed by atoms with Gasteiger partial charge in [-0.25, -0.2) is 4.79 Å². The normalized spacial score (nSPS) is 25.8. The van der Waals surface area contributed by atoms with Crippen LogP contribution in [-0.4, -0.2) is 40.5 Å². The predicted octanol–water partition coefficient (Wildman–Crippen LogP) is 1.22. The SMILES string of the molecule is CCCC[C@H](N)C(=O)N1CCCC(C)C1C(=O)O. The Morgan fingerprint density at radius 3 is 2.72 bits per heavy atom. The van der Waals surface area contributed by atoms with Gasteiger partial charge in [-0.1, -0.05) is 26.7 Å². The standard InChI is InChI=1S/C13H24N2O3/c1-3-4-7-10(14)12(16)15-8-5-6-9(2)11(15)13(17)18/h9-11H,3-8,14H2,1-2H3,(H,17,18)/t9?,10-,11?/m0/s1. The van der Waals surface area contributed by atoms with Crippen LogP contribution in [-0.2, 0) is 9.59 Å². The number of hydrogen-bond acceptors (Lipinski definition) is 3. The molecule has 0 aromatic rings. The average molecular weight is 256 g/mol. The second kappa shape index (κ2) is 6.73. The summed E-state index contributed by atoms with van der Waals surface area (Å²) in [6, 6.07) is -1.27. The summed E-state index contributed by atoms with van der Waals surface area (Å²) >= 11 is 0. The molecule has 0 radical (unpaired) electrons. The van der Waals surface area contributed by atoms with Gasteiger partial charge in [-0.15, -0.1) is 0 Å². The maximum atomic E-state index is 12.2. The highest BCUT2D eigenvalue weighted by molar-refractivity contribution is 5.87. The zero-order chi connectivity index (χ0) is 13.7. The lowest BCUT2D eigenvalue weighted by Crippen LogP contribution is -2.56. The number of rotatable bonds is 5. The third-order valence-corrected chi connectivity index (χ3v) is 3.66. The maximum Gasteiger partial charge on any atom is 0.326 e. The van der Waals surface area contributed by atoms with Gasteiger partial charge < -0.3 is 15.7 Å². The van der Waals surface area contributed by atoms with E-state index in [4.69, 9.17) is 5.73 Å². The first-order valence-corrected chi connectivity index (χ1v) is 6.77. The molecule has 0 aliphatic carbocycles. The minimum absolute atomic E-state index is 0.00132. The third-order valence-electron chi connectivity index (χ3n) is 3.66. The lowest BCUT2D eigenvalue weighted by molar-refractivity contribution is -0.155. The molecule has 3 atom stereocenters. The molecule has 2 unspecified atom stereocenters. The number of carbonyl (C=O) groups is 2. The molecule has 0 spiro atoms. The van der Waals surface area contributed by atoms with Crippen molar-refractivity contribution in [1.82, 2.24) is 4.90 Å². The molecule has 1 rings (SSSR count). The number of piperidine rings is 1. The highest BCUT2D eigenvalue weighted by Crippen LogP contribution is 2.24. The first-order chi connectivity index (χ1) is 8.49. The van der Waals surface area contributed by atoms with Crippen molar-refractivity contribution in [3.63, 3.8) is 0 Å². The molecule has 1 aliphatic heterocycles. The number of nitrogens with two attached hydrogens (primary N) is 1. The molecule has 104 valence electrons. The number of amides is 1. The smallest absolute Gasteiger partial charge is 0.326 e.